The number of methoxy groups -OCH3 is 1. The number of hydrogen-bond donors (Lipinski definition) is 1. The second kappa shape index (κ2) is 7.51. The summed E-state index contributed by atoms with van der Waals surface area (Å²) < 4.78 is 34.0. The van der Waals surface area contributed by atoms with Crippen molar-refractivity contribution in [2.45, 2.75) is 10.9 Å². The molecule has 0 aliphatic carbocycles. The van der Waals surface area contributed by atoms with Crippen molar-refractivity contribution in [1.29, 1.82) is 0 Å². The number of benzene rings is 3. The maximum Gasteiger partial charge on any atom is 0.245 e. The normalized spacial score (nSPS) is 11.4. The summed E-state index contributed by atoms with van der Waals surface area (Å²) in [5.41, 5.74) is 1.74. The molecule has 0 spiro atoms. The quantitative estimate of drug-likeness (QED) is 0.734. The third-order valence-electron chi connectivity index (χ3n) is 3.90. The Balaban J connectivity index is 2.03. The monoisotopic (exact) mass is 353 g/mol. The molecule has 3 aromatic rings. The lowest BCUT2D eigenvalue weighted by molar-refractivity contribution is 0.402. The molecule has 0 fully saturated rings. The first-order valence-corrected chi connectivity index (χ1v) is 9.35. The van der Waals surface area contributed by atoms with Crippen LogP contribution in [-0.4, -0.2) is 15.5 Å². The number of sulfonamides is 1. The Morgan fingerprint density at radius 1 is 0.760 bits per heavy atom. The Bertz CT molecular complexity index is 886. The van der Waals surface area contributed by atoms with Gasteiger partial charge in [-0.05, 0) is 23.3 Å². The molecular weight excluding hydrogens is 334 g/mol. The molecule has 0 aliphatic heterocycles. The molecule has 0 amide bonds. The van der Waals surface area contributed by atoms with Crippen molar-refractivity contribution in [2.24, 2.45) is 0 Å². The largest absolute Gasteiger partial charge is 0.495 e. The molecule has 4 nitrogen and oxygen atoms in total. The fourth-order valence-electron chi connectivity index (χ4n) is 2.68. The van der Waals surface area contributed by atoms with E-state index in [1.54, 1.807) is 18.2 Å². The molecular formula is C20H19NO3S. The zero-order chi connectivity index (χ0) is 17.7. The van der Waals surface area contributed by atoms with Gasteiger partial charge in [0.2, 0.25) is 10.0 Å². The zero-order valence-corrected chi connectivity index (χ0v) is 14.6. The first kappa shape index (κ1) is 17.2. The molecule has 25 heavy (non-hydrogen) atoms. The molecule has 5 heteroatoms. The Labute approximate surface area is 148 Å². The van der Waals surface area contributed by atoms with Crippen molar-refractivity contribution in [3.8, 4) is 5.75 Å². The van der Waals surface area contributed by atoms with Crippen molar-refractivity contribution < 1.29 is 13.2 Å². The summed E-state index contributed by atoms with van der Waals surface area (Å²) in [4.78, 5) is 0.120. The van der Waals surface area contributed by atoms with Crippen molar-refractivity contribution in [1.82, 2.24) is 4.72 Å². The van der Waals surface area contributed by atoms with E-state index in [2.05, 4.69) is 4.72 Å². The topological polar surface area (TPSA) is 55.4 Å². The van der Waals surface area contributed by atoms with E-state index in [9.17, 15) is 8.42 Å². The van der Waals surface area contributed by atoms with Crippen molar-refractivity contribution in [2.75, 3.05) is 7.11 Å². The number of nitrogens with one attached hydrogen (secondary N) is 1. The minimum Gasteiger partial charge on any atom is -0.495 e. The average molecular weight is 353 g/mol. The van der Waals surface area contributed by atoms with Crippen LogP contribution in [0.2, 0.25) is 0 Å². The Morgan fingerprint density at radius 3 is 1.76 bits per heavy atom. The van der Waals surface area contributed by atoms with E-state index in [-0.39, 0.29) is 4.90 Å². The smallest absolute Gasteiger partial charge is 0.245 e. The van der Waals surface area contributed by atoms with Crippen LogP contribution in [0.15, 0.2) is 89.8 Å². The molecule has 3 rings (SSSR count). The van der Waals surface area contributed by atoms with Crippen molar-refractivity contribution in [3.63, 3.8) is 0 Å². The van der Waals surface area contributed by atoms with Crippen LogP contribution in [-0.2, 0) is 10.0 Å². The van der Waals surface area contributed by atoms with E-state index in [4.69, 9.17) is 4.74 Å². The highest BCUT2D eigenvalue weighted by molar-refractivity contribution is 7.89. The van der Waals surface area contributed by atoms with Gasteiger partial charge >= 0.3 is 0 Å². The number of ether oxygens (including phenoxy) is 1. The SMILES string of the molecule is COc1ccccc1S(=O)(=O)NC(c1ccccc1)c1ccccc1. The standard InChI is InChI=1S/C20H19NO3S/c1-24-18-14-8-9-15-19(18)25(22,23)21-20(16-10-4-2-5-11-16)17-12-6-3-7-13-17/h2-15,20-21H,1H3. The van der Waals surface area contributed by atoms with Crippen LogP contribution in [0.1, 0.15) is 17.2 Å². The zero-order valence-electron chi connectivity index (χ0n) is 13.8. The van der Waals surface area contributed by atoms with Crippen LogP contribution in [0.5, 0.6) is 5.75 Å². The highest BCUT2D eigenvalue weighted by Gasteiger charge is 2.25. The summed E-state index contributed by atoms with van der Waals surface area (Å²) in [6.45, 7) is 0. The van der Waals surface area contributed by atoms with E-state index in [0.29, 0.717) is 5.75 Å². The fourth-order valence-corrected chi connectivity index (χ4v) is 4.06. The third kappa shape index (κ3) is 3.90. The molecule has 3 aromatic carbocycles. The first-order chi connectivity index (χ1) is 12.1. The van der Waals surface area contributed by atoms with Gasteiger partial charge in [-0.2, -0.15) is 4.72 Å². The lowest BCUT2D eigenvalue weighted by Crippen LogP contribution is -2.29. The molecule has 0 heterocycles. The van der Waals surface area contributed by atoms with Crippen LogP contribution in [0.4, 0.5) is 0 Å². The molecule has 0 aromatic heterocycles. The summed E-state index contributed by atoms with van der Waals surface area (Å²) >= 11 is 0. The second-order valence-corrected chi connectivity index (χ2v) is 7.21. The molecule has 0 radical (unpaired) electrons. The Hall–Kier alpha value is -2.63. The van der Waals surface area contributed by atoms with Crippen molar-refractivity contribution >= 4 is 10.0 Å². The molecule has 0 aliphatic rings. The number of para-hydroxylation sites is 1. The van der Waals surface area contributed by atoms with Gasteiger partial charge in [0.15, 0.2) is 0 Å². The summed E-state index contributed by atoms with van der Waals surface area (Å²) in [6.07, 6.45) is 0. The molecule has 1 N–H and O–H groups in total. The molecule has 128 valence electrons. The summed E-state index contributed by atoms with van der Waals surface area (Å²) in [6, 6.07) is 25.1. The lowest BCUT2D eigenvalue weighted by Gasteiger charge is -2.20. The van der Waals surface area contributed by atoms with Gasteiger partial charge < -0.3 is 4.74 Å². The van der Waals surface area contributed by atoms with Gasteiger partial charge in [0.25, 0.3) is 0 Å². The van der Waals surface area contributed by atoms with Gasteiger partial charge in [0.1, 0.15) is 10.6 Å². The van der Waals surface area contributed by atoms with Crippen LogP contribution < -0.4 is 9.46 Å². The average Bonchev–Trinajstić information content (AvgIpc) is 2.67. The van der Waals surface area contributed by atoms with E-state index in [1.807, 2.05) is 60.7 Å². The minimum absolute atomic E-state index is 0.120. The number of rotatable bonds is 6. The van der Waals surface area contributed by atoms with Crippen LogP contribution in [0, 0.1) is 0 Å². The highest BCUT2D eigenvalue weighted by atomic mass is 32.2. The number of hydrogen-bond acceptors (Lipinski definition) is 3. The predicted molar refractivity (Wildman–Crippen MR) is 98.0 cm³/mol. The highest BCUT2D eigenvalue weighted by Crippen LogP contribution is 2.28. The van der Waals surface area contributed by atoms with E-state index < -0.39 is 16.1 Å². The van der Waals surface area contributed by atoms with Gasteiger partial charge in [0, 0.05) is 0 Å². The van der Waals surface area contributed by atoms with E-state index >= 15 is 0 Å². The van der Waals surface area contributed by atoms with Gasteiger partial charge in [-0.25, -0.2) is 8.42 Å². The summed E-state index contributed by atoms with van der Waals surface area (Å²) in [5, 5.41) is 0. The maximum atomic E-state index is 13.0. The van der Waals surface area contributed by atoms with Crippen molar-refractivity contribution in [3.05, 3.63) is 96.1 Å². The van der Waals surface area contributed by atoms with Gasteiger partial charge in [0.05, 0.1) is 13.2 Å². The van der Waals surface area contributed by atoms with Crippen LogP contribution in [0.3, 0.4) is 0 Å². The minimum atomic E-state index is -3.77. The summed E-state index contributed by atoms with van der Waals surface area (Å²) in [5.74, 6) is 0.315. The van der Waals surface area contributed by atoms with Gasteiger partial charge in [-0.15, -0.1) is 0 Å². The Morgan fingerprint density at radius 2 is 1.24 bits per heavy atom. The third-order valence-corrected chi connectivity index (χ3v) is 5.36. The maximum absolute atomic E-state index is 13.0. The predicted octanol–water partition coefficient (Wildman–Crippen LogP) is 3.76. The van der Waals surface area contributed by atoms with Gasteiger partial charge in [-0.1, -0.05) is 72.8 Å². The first-order valence-electron chi connectivity index (χ1n) is 7.87. The second-order valence-electron chi connectivity index (χ2n) is 5.53. The lowest BCUT2D eigenvalue weighted by atomic mass is 10.00. The molecule has 0 saturated carbocycles. The van der Waals surface area contributed by atoms with E-state index in [1.165, 1.54) is 13.2 Å². The summed E-state index contributed by atoms with van der Waals surface area (Å²) in [7, 11) is -2.31. The molecule has 0 unspecified atom stereocenters. The molecule has 0 atom stereocenters. The fraction of sp³-hybridized carbons (Fsp3) is 0.100. The van der Waals surface area contributed by atoms with Crippen LogP contribution in [0.25, 0.3) is 0 Å². The van der Waals surface area contributed by atoms with Gasteiger partial charge in [-0.3, -0.25) is 0 Å². The van der Waals surface area contributed by atoms with E-state index in [0.717, 1.165) is 11.1 Å². The molecule has 0 bridgehead atoms. The van der Waals surface area contributed by atoms with Crippen LogP contribution >= 0.6 is 0 Å². The Kier molecular flexibility index (Phi) is 5.16. The molecule has 0 saturated heterocycles.